The van der Waals surface area contributed by atoms with E-state index < -0.39 is 5.60 Å². The predicted molar refractivity (Wildman–Crippen MR) is 84.3 cm³/mol. The molecule has 0 spiro atoms. The fraction of sp³-hybridized carbons (Fsp3) is 0.933. The van der Waals surface area contributed by atoms with Gasteiger partial charge in [0.2, 0.25) is 0 Å². The van der Waals surface area contributed by atoms with Crippen LogP contribution in [0.3, 0.4) is 0 Å². The number of nitrogens with zero attached hydrogens (tertiary/aromatic N) is 2. The van der Waals surface area contributed by atoms with Gasteiger partial charge in [0.05, 0.1) is 0 Å². The highest BCUT2D eigenvalue weighted by Crippen LogP contribution is 2.31. The van der Waals surface area contributed by atoms with Crippen molar-refractivity contribution in [1.82, 2.24) is 9.80 Å². The molecule has 2 aliphatic rings. The summed E-state index contributed by atoms with van der Waals surface area (Å²) in [5, 5.41) is 0. The van der Waals surface area contributed by atoms with Gasteiger partial charge < -0.3 is 9.64 Å². The van der Waals surface area contributed by atoms with Crippen LogP contribution in [0.5, 0.6) is 0 Å². The highest BCUT2D eigenvalue weighted by molar-refractivity contribution is 7.99. The van der Waals surface area contributed by atoms with Crippen molar-refractivity contribution in [2.75, 3.05) is 37.7 Å². The number of piperidine rings is 1. The van der Waals surface area contributed by atoms with E-state index in [0.717, 1.165) is 25.9 Å². The van der Waals surface area contributed by atoms with Gasteiger partial charge in [-0.1, -0.05) is 0 Å². The maximum atomic E-state index is 12.1. The van der Waals surface area contributed by atoms with Crippen molar-refractivity contribution in [1.29, 1.82) is 0 Å². The normalized spacial score (nSPS) is 24.5. The van der Waals surface area contributed by atoms with Crippen molar-refractivity contribution in [2.24, 2.45) is 0 Å². The van der Waals surface area contributed by atoms with Gasteiger partial charge in [-0.15, -0.1) is 0 Å². The lowest BCUT2D eigenvalue weighted by atomic mass is 9.87. The van der Waals surface area contributed by atoms with Gasteiger partial charge in [0.15, 0.2) is 0 Å². The highest BCUT2D eigenvalue weighted by Gasteiger charge is 2.38. The van der Waals surface area contributed by atoms with E-state index >= 15 is 0 Å². The molecule has 2 fully saturated rings. The molecule has 0 aromatic heterocycles. The lowest BCUT2D eigenvalue weighted by Crippen LogP contribution is -2.56. The summed E-state index contributed by atoms with van der Waals surface area (Å²) in [5.74, 6) is 2.48. The fourth-order valence-electron chi connectivity index (χ4n) is 2.92. The number of likely N-dealkylation sites (tertiary alicyclic amines) is 1. The Morgan fingerprint density at radius 3 is 2.15 bits per heavy atom. The van der Waals surface area contributed by atoms with Crippen LogP contribution in [-0.2, 0) is 4.74 Å². The van der Waals surface area contributed by atoms with Crippen LogP contribution in [0.2, 0.25) is 0 Å². The van der Waals surface area contributed by atoms with Crippen molar-refractivity contribution in [3.8, 4) is 0 Å². The quantitative estimate of drug-likeness (QED) is 0.745. The Labute approximate surface area is 127 Å². The van der Waals surface area contributed by atoms with Gasteiger partial charge >= 0.3 is 6.09 Å². The molecule has 2 aliphatic heterocycles. The summed E-state index contributed by atoms with van der Waals surface area (Å²) in [6.07, 6.45) is 1.95. The molecule has 2 saturated heterocycles. The maximum absolute atomic E-state index is 12.1. The summed E-state index contributed by atoms with van der Waals surface area (Å²) in [5.41, 5.74) is -0.137. The van der Waals surface area contributed by atoms with Crippen LogP contribution in [-0.4, -0.2) is 64.7 Å². The molecule has 0 bridgehead atoms. The molecule has 2 rings (SSSR count). The minimum atomic E-state index is -0.401. The number of thioether (sulfide) groups is 1. The second-order valence-electron chi connectivity index (χ2n) is 7.06. The van der Waals surface area contributed by atoms with Gasteiger partial charge in [-0.2, -0.15) is 11.8 Å². The Morgan fingerprint density at radius 2 is 1.65 bits per heavy atom. The lowest BCUT2D eigenvalue weighted by molar-refractivity contribution is 0.000112. The van der Waals surface area contributed by atoms with Crippen LogP contribution < -0.4 is 0 Å². The second kappa shape index (κ2) is 6.14. The highest BCUT2D eigenvalue weighted by atomic mass is 32.2. The summed E-state index contributed by atoms with van der Waals surface area (Å²) < 4.78 is 5.46. The minimum Gasteiger partial charge on any atom is -0.444 e. The Bertz CT molecular complexity index is 340. The maximum Gasteiger partial charge on any atom is 0.410 e. The smallest absolute Gasteiger partial charge is 0.410 e. The van der Waals surface area contributed by atoms with Gasteiger partial charge in [-0.25, -0.2) is 4.79 Å². The SMILES string of the molecule is CC(C)(C)OC(=O)N1CCC(C)(N2CCSCC2)CC1. The summed E-state index contributed by atoms with van der Waals surface area (Å²) in [6.45, 7) is 12.1. The molecule has 116 valence electrons. The molecule has 2 heterocycles. The second-order valence-corrected chi connectivity index (χ2v) is 8.29. The van der Waals surface area contributed by atoms with Crippen molar-refractivity contribution in [3.05, 3.63) is 0 Å². The number of carbonyl (C=O) groups excluding carboxylic acids is 1. The van der Waals surface area contributed by atoms with E-state index in [4.69, 9.17) is 4.74 Å². The number of hydrogen-bond donors (Lipinski definition) is 0. The third kappa shape index (κ3) is 4.04. The first kappa shape index (κ1) is 16.0. The van der Waals surface area contributed by atoms with Crippen molar-refractivity contribution >= 4 is 17.9 Å². The average molecular weight is 300 g/mol. The van der Waals surface area contributed by atoms with E-state index in [1.54, 1.807) is 0 Å². The monoisotopic (exact) mass is 300 g/mol. The fourth-order valence-corrected chi connectivity index (χ4v) is 3.82. The van der Waals surface area contributed by atoms with Gasteiger partial charge in [0.25, 0.3) is 0 Å². The zero-order valence-corrected chi connectivity index (χ0v) is 14.1. The molecule has 5 heteroatoms. The molecule has 0 N–H and O–H groups in total. The van der Waals surface area contributed by atoms with Gasteiger partial charge in [0.1, 0.15) is 5.60 Å². The first-order valence-electron chi connectivity index (χ1n) is 7.61. The van der Waals surface area contributed by atoms with E-state index in [9.17, 15) is 4.79 Å². The van der Waals surface area contributed by atoms with E-state index in [-0.39, 0.29) is 11.6 Å². The molecule has 20 heavy (non-hydrogen) atoms. The molecule has 0 aliphatic carbocycles. The van der Waals surface area contributed by atoms with E-state index in [2.05, 4.69) is 11.8 Å². The molecule has 4 nitrogen and oxygen atoms in total. The third-order valence-electron chi connectivity index (χ3n) is 4.27. The molecule has 1 amide bonds. The van der Waals surface area contributed by atoms with E-state index in [0.29, 0.717) is 0 Å². The molecular weight excluding hydrogens is 272 g/mol. The number of carbonyl (C=O) groups is 1. The van der Waals surface area contributed by atoms with Crippen LogP contribution in [0.4, 0.5) is 4.79 Å². The van der Waals surface area contributed by atoms with Crippen molar-refractivity contribution in [2.45, 2.75) is 51.7 Å². The molecule has 0 atom stereocenters. The van der Waals surface area contributed by atoms with E-state index in [1.807, 2.05) is 37.4 Å². The van der Waals surface area contributed by atoms with Gasteiger partial charge in [0, 0.05) is 43.2 Å². The molecule has 0 radical (unpaired) electrons. The van der Waals surface area contributed by atoms with Crippen LogP contribution in [0.1, 0.15) is 40.5 Å². The summed E-state index contributed by atoms with van der Waals surface area (Å²) in [7, 11) is 0. The average Bonchev–Trinajstić information content (AvgIpc) is 2.38. The molecule has 0 unspecified atom stereocenters. The van der Waals surface area contributed by atoms with Gasteiger partial charge in [-0.3, -0.25) is 4.90 Å². The topological polar surface area (TPSA) is 32.8 Å². The zero-order chi connectivity index (χ0) is 14.8. The van der Waals surface area contributed by atoms with Crippen LogP contribution in [0.25, 0.3) is 0 Å². The van der Waals surface area contributed by atoms with Crippen molar-refractivity contribution < 1.29 is 9.53 Å². The number of hydrogen-bond acceptors (Lipinski definition) is 4. The molecule has 0 aromatic rings. The Balaban J connectivity index is 1.86. The summed E-state index contributed by atoms with van der Waals surface area (Å²) >= 11 is 2.05. The number of ether oxygens (including phenoxy) is 1. The summed E-state index contributed by atoms with van der Waals surface area (Å²) in [6, 6.07) is 0. The first-order chi connectivity index (χ1) is 9.30. The number of amides is 1. The van der Waals surface area contributed by atoms with Crippen LogP contribution in [0.15, 0.2) is 0 Å². The Morgan fingerprint density at radius 1 is 1.10 bits per heavy atom. The Kier molecular flexibility index (Phi) is 4.90. The standard InChI is InChI=1S/C15H28N2O2S/c1-14(2,3)19-13(18)16-7-5-15(4,6-8-16)17-9-11-20-12-10-17/h5-12H2,1-4H3. The lowest BCUT2D eigenvalue weighted by Gasteiger charge is -2.48. The largest absolute Gasteiger partial charge is 0.444 e. The summed E-state index contributed by atoms with van der Waals surface area (Å²) in [4.78, 5) is 16.6. The molecular formula is C15H28N2O2S. The van der Waals surface area contributed by atoms with Gasteiger partial charge in [-0.05, 0) is 40.5 Å². The van der Waals surface area contributed by atoms with Crippen LogP contribution in [0, 0.1) is 0 Å². The third-order valence-corrected chi connectivity index (χ3v) is 5.21. The van der Waals surface area contributed by atoms with Crippen LogP contribution >= 0.6 is 11.8 Å². The first-order valence-corrected chi connectivity index (χ1v) is 8.76. The zero-order valence-electron chi connectivity index (χ0n) is 13.3. The predicted octanol–water partition coefficient (Wildman–Crippen LogP) is 2.82. The van der Waals surface area contributed by atoms with Crippen molar-refractivity contribution in [3.63, 3.8) is 0 Å². The minimum absolute atomic E-state index is 0.159. The molecule has 0 saturated carbocycles. The number of rotatable bonds is 1. The molecule has 0 aromatic carbocycles. The Hall–Kier alpha value is -0.420. The van der Waals surface area contributed by atoms with E-state index in [1.165, 1.54) is 24.6 Å².